The maximum Gasteiger partial charge on any atom is 0.241 e. The van der Waals surface area contributed by atoms with Crippen molar-refractivity contribution in [3.05, 3.63) is 29.3 Å². The number of carbonyl (C=O) groups is 1. The van der Waals surface area contributed by atoms with Gasteiger partial charge in [0.15, 0.2) is 0 Å². The fourth-order valence-electron chi connectivity index (χ4n) is 2.72. The van der Waals surface area contributed by atoms with Crippen molar-refractivity contribution >= 4 is 5.91 Å². The van der Waals surface area contributed by atoms with Gasteiger partial charge in [-0.2, -0.15) is 0 Å². The number of aryl methyl sites for hydroxylation is 2. The molecule has 1 unspecified atom stereocenters. The lowest BCUT2D eigenvalue weighted by Gasteiger charge is -2.31. The Balaban J connectivity index is 2.14. The lowest BCUT2D eigenvalue weighted by atomic mass is 9.93. The van der Waals surface area contributed by atoms with Crippen molar-refractivity contribution in [2.75, 3.05) is 13.2 Å². The van der Waals surface area contributed by atoms with Crippen molar-refractivity contribution in [2.45, 2.75) is 39.2 Å². The molecule has 1 saturated carbocycles. The Morgan fingerprint density at radius 3 is 2.65 bits per heavy atom. The Hall–Kier alpha value is -1.55. The standard InChI is InChI=1S/C16H24N2O2/c1-4-18-16(15(17)19,13-6-7-13)10-20-14-8-5-11(2)9-12(14)3/h5,8-9,13,18H,4,6-7,10H2,1-3H3,(H2,17,19). The number of nitrogens with one attached hydrogen (secondary N) is 1. The summed E-state index contributed by atoms with van der Waals surface area (Å²) in [4.78, 5) is 11.9. The predicted molar refractivity (Wildman–Crippen MR) is 79.7 cm³/mol. The highest BCUT2D eigenvalue weighted by Crippen LogP contribution is 2.40. The van der Waals surface area contributed by atoms with Crippen LogP contribution in [-0.2, 0) is 4.79 Å². The van der Waals surface area contributed by atoms with E-state index >= 15 is 0 Å². The second kappa shape index (κ2) is 5.83. The van der Waals surface area contributed by atoms with Gasteiger partial charge in [0.05, 0.1) is 0 Å². The number of primary amides is 1. The fraction of sp³-hybridized carbons (Fsp3) is 0.562. The van der Waals surface area contributed by atoms with E-state index in [1.807, 2.05) is 32.9 Å². The molecule has 4 nitrogen and oxygen atoms in total. The number of rotatable bonds is 7. The van der Waals surface area contributed by atoms with Gasteiger partial charge in [0.2, 0.25) is 5.91 Å². The average Bonchev–Trinajstić information content (AvgIpc) is 3.20. The molecule has 110 valence electrons. The summed E-state index contributed by atoms with van der Waals surface area (Å²) in [5.41, 5.74) is 7.19. The van der Waals surface area contributed by atoms with E-state index in [2.05, 4.69) is 11.4 Å². The van der Waals surface area contributed by atoms with Crippen LogP contribution in [0.15, 0.2) is 18.2 Å². The molecule has 1 aliphatic carbocycles. The monoisotopic (exact) mass is 276 g/mol. The molecule has 0 aromatic heterocycles. The summed E-state index contributed by atoms with van der Waals surface area (Å²) in [5, 5.41) is 3.26. The van der Waals surface area contributed by atoms with Crippen LogP contribution in [0.25, 0.3) is 0 Å². The van der Waals surface area contributed by atoms with Crippen LogP contribution < -0.4 is 15.8 Å². The zero-order valence-electron chi connectivity index (χ0n) is 12.5. The van der Waals surface area contributed by atoms with Crippen molar-refractivity contribution in [3.8, 4) is 5.75 Å². The molecule has 0 saturated heterocycles. The molecule has 2 rings (SSSR count). The molecule has 1 atom stereocenters. The predicted octanol–water partition coefficient (Wildman–Crippen LogP) is 1.93. The van der Waals surface area contributed by atoms with Gasteiger partial charge in [0.1, 0.15) is 17.9 Å². The van der Waals surface area contributed by atoms with Crippen molar-refractivity contribution in [1.82, 2.24) is 5.32 Å². The number of likely N-dealkylation sites (N-methyl/N-ethyl adjacent to an activating group) is 1. The van der Waals surface area contributed by atoms with Gasteiger partial charge in [0, 0.05) is 0 Å². The normalized spacial score (nSPS) is 17.6. The highest BCUT2D eigenvalue weighted by molar-refractivity contribution is 5.85. The van der Waals surface area contributed by atoms with E-state index in [1.165, 1.54) is 5.56 Å². The number of benzene rings is 1. The van der Waals surface area contributed by atoms with Crippen LogP contribution in [0.1, 0.15) is 30.9 Å². The molecule has 1 aliphatic rings. The molecule has 3 N–H and O–H groups in total. The maximum absolute atomic E-state index is 11.9. The van der Waals surface area contributed by atoms with E-state index in [0.29, 0.717) is 19.1 Å². The van der Waals surface area contributed by atoms with Gasteiger partial charge < -0.3 is 15.8 Å². The van der Waals surface area contributed by atoms with E-state index in [9.17, 15) is 4.79 Å². The van der Waals surface area contributed by atoms with Gasteiger partial charge in [-0.25, -0.2) is 0 Å². The summed E-state index contributed by atoms with van der Waals surface area (Å²) in [5.74, 6) is 0.803. The summed E-state index contributed by atoms with van der Waals surface area (Å²) in [6.07, 6.45) is 2.07. The largest absolute Gasteiger partial charge is 0.491 e. The van der Waals surface area contributed by atoms with Crippen LogP contribution >= 0.6 is 0 Å². The summed E-state index contributed by atoms with van der Waals surface area (Å²) in [6.45, 7) is 7.05. The zero-order chi connectivity index (χ0) is 14.8. The molecule has 0 aliphatic heterocycles. The van der Waals surface area contributed by atoms with E-state index in [1.54, 1.807) is 0 Å². The highest BCUT2D eigenvalue weighted by Gasteiger charge is 2.50. The molecule has 1 amide bonds. The van der Waals surface area contributed by atoms with Gasteiger partial charge in [-0.1, -0.05) is 24.6 Å². The van der Waals surface area contributed by atoms with Crippen LogP contribution in [0, 0.1) is 19.8 Å². The maximum atomic E-state index is 11.9. The number of hydrogen-bond donors (Lipinski definition) is 2. The molecule has 0 heterocycles. The van der Waals surface area contributed by atoms with E-state index < -0.39 is 5.54 Å². The summed E-state index contributed by atoms with van der Waals surface area (Å²) < 4.78 is 5.91. The summed E-state index contributed by atoms with van der Waals surface area (Å²) in [7, 11) is 0. The smallest absolute Gasteiger partial charge is 0.241 e. The van der Waals surface area contributed by atoms with Crippen LogP contribution in [0.2, 0.25) is 0 Å². The van der Waals surface area contributed by atoms with Crippen LogP contribution in [0.4, 0.5) is 0 Å². The minimum Gasteiger partial charge on any atom is -0.491 e. The first-order valence-corrected chi connectivity index (χ1v) is 7.24. The second-order valence-electron chi connectivity index (χ2n) is 5.70. The Bertz CT molecular complexity index is 497. The Kier molecular flexibility index (Phi) is 4.33. The number of ether oxygens (including phenoxy) is 1. The third-order valence-corrected chi connectivity index (χ3v) is 3.99. The Morgan fingerprint density at radius 2 is 2.15 bits per heavy atom. The third-order valence-electron chi connectivity index (χ3n) is 3.99. The van der Waals surface area contributed by atoms with Crippen molar-refractivity contribution < 1.29 is 9.53 Å². The number of amides is 1. The molecule has 0 bridgehead atoms. The molecular weight excluding hydrogens is 252 g/mol. The van der Waals surface area contributed by atoms with Crippen LogP contribution in [0.5, 0.6) is 5.75 Å². The van der Waals surface area contributed by atoms with E-state index in [4.69, 9.17) is 10.5 Å². The second-order valence-corrected chi connectivity index (χ2v) is 5.70. The van der Waals surface area contributed by atoms with Gasteiger partial charge in [-0.05, 0) is 50.8 Å². The quantitative estimate of drug-likeness (QED) is 0.799. The number of nitrogens with two attached hydrogens (primary N) is 1. The van der Waals surface area contributed by atoms with Crippen molar-refractivity contribution in [3.63, 3.8) is 0 Å². The molecule has 0 radical (unpaired) electrons. The molecule has 1 aromatic carbocycles. The van der Waals surface area contributed by atoms with Gasteiger partial charge >= 0.3 is 0 Å². The van der Waals surface area contributed by atoms with Gasteiger partial charge in [-0.3, -0.25) is 4.79 Å². The minimum atomic E-state index is -0.730. The summed E-state index contributed by atoms with van der Waals surface area (Å²) in [6, 6.07) is 6.04. The lowest BCUT2D eigenvalue weighted by Crippen LogP contribution is -2.61. The van der Waals surface area contributed by atoms with Crippen molar-refractivity contribution in [2.24, 2.45) is 11.7 Å². The molecule has 0 spiro atoms. The SMILES string of the molecule is CCNC(COc1ccc(C)cc1C)(C(N)=O)C1CC1. The highest BCUT2D eigenvalue weighted by atomic mass is 16.5. The topological polar surface area (TPSA) is 64.3 Å². The van der Waals surface area contributed by atoms with Crippen LogP contribution in [-0.4, -0.2) is 24.6 Å². The lowest BCUT2D eigenvalue weighted by molar-refractivity contribution is -0.126. The molecule has 4 heteroatoms. The third kappa shape index (κ3) is 2.96. The first-order valence-electron chi connectivity index (χ1n) is 7.24. The first kappa shape index (κ1) is 14.9. The van der Waals surface area contributed by atoms with Gasteiger partial charge in [-0.15, -0.1) is 0 Å². The molecular formula is C16H24N2O2. The number of carbonyl (C=O) groups excluding carboxylic acids is 1. The van der Waals surface area contributed by atoms with Gasteiger partial charge in [0.25, 0.3) is 0 Å². The summed E-state index contributed by atoms with van der Waals surface area (Å²) >= 11 is 0. The Labute approximate surface area is 120 Å². The zero-order valence-corrected chi connectivity index (χ0v) is 12.5. The molecule has 20 heavy (non-hydrogen) atoms. The first-order chi connectivity index (χ1) is 9.49. The molecule has 1 fully saturated rings. The average molecular weight is 276 g/mol. The Morgan fingerprint density at radius 1 is 1.45 bits per heavy atom. The van der Waals surface area contributed by atoms with E-state index in [0.717, 1.165) is 24.2 Å². The fourth-order valence-corrected chi connectivity index (χ4v) is 2.72. The number of hydrogen-bond acceptors (Lipinski definition) is 3. The minimum absolute atomic E-state index is 0.296. The molecule has 1 aromatic rings. The van der Waals surface area contributed by atoms with E-state index in [-0.39, 0.29) is 5.91 Å². The van der Waals surface area contributed by atoms with Crippen LogP contribution in [0.3, 0.4) is 0 Å². The van der Waals surface area contributed by atoms with Crippen molar-refractivity contribution in [1.29, 1.82) is 0 Å².